The maximum absolute atomic E-state index is 12.9. The quantitative estimate of drug-likeness (QED) is 0.265. The molecule has 1 aromatic rings. The number of hydrogen-bond donors (Lipinski definition) is 6. The van der Waals surface area contributed by atoms with Gasteiger partial charge in [-0.05, 0) is 43.9 Å². The third kappa shape index (κ3) is 6.40. The van der Waals surface area contributed by atoms with Crippen LogP contribution >= 0.6 is 0 Å². The van der Waals surface area contributed by atoms with E-state index < -0.39 is 54.5 Å². The highest BCUT2D eigenvalue weighted by molar-refractivity contribution is 5.94. The van der Waals surface area contributed by atoms with Gasteiger partial charge in [0.15, 0.2) is 0 Å². The van der Waals surface area contributed by atoms with Gasteiger partial charge in [0.05, 0.1) is 12.6 Å². The van der Waals surface area contributed by atoms with Crippen LogP contribution in [0.1, 0.15) is 25.3 Å². The normalized spacial score (nSPS) is 18.7. The topological polar surface area (TPSA) is 182 Å². The third-order valence-electron chi connectivity index (χ3n) is 5.09. The number of aliphatic carboxylic acids is 1. The molecule has 0 radical (unpaired) electrons. The van der Waals surface area contributed by atoms with E-state index in [2.05, 4.69) is 10.6 Å². The van der Waals surface area contributed by atoms with Gasteiger partial charge in [-0.1, -0.05) is 12.1 Å². The minimum Gasteiger partial charge on any atom is -0.508 e. The number of carbonyl (C=O) groups is 4. The molecule has 7 N–H and O–H groups in total. The summed E-state index contributed by atoms with van der Waals surface area (Å²) in [7, 11) is 0. The molecule has 4 atom stereocenters. The summed E-state index contributed by atoms with van der Waals surface area (Å²) in [6, 6.07) is 1.87. The van der Waals surface area contributed by atoms with E-state index in [4.69, 9.17) is 10.8 Å². The molecule has 4 unspecified atom stereocenters. The zero-order valence-corrected chi connectivity index (χ0v) is 17.2. The second-order valence-electron chi connectivity index (χ2n) is 7.48. The fourth-order valence-corrected chi connectivity index (χ4v) is 3.32. The summed E-state index contributed by atoms with van der Waals surface area (Å²) in [5.74, 6) is -3.02. The van der Waals surface area contributed by atoms with Gasteiger partial charge < -0.3 is 36.6 Å². The van der Waals surface area contributed by atoms with Gasteiger partial charge in [-0.25, -0.2) is 0 Å². The zero-order valence-electron chi connectivity index (χ0n) is 17.2. The number of carbonyl (C=O) groups excluding carboxylic acids is 3. The molecule has 0 aliphatic carbocycles. The van der Waals surface area contributed by atoms with E-state index in [0.29, 0.717) is 18.4 Å². The van der Waals surface area contributed by atoms with Crippen LogP contribution in [0.25, 0.3) is 0 Å². The van der Waals surface area contributed by atoms with Crippen LogP contribution in [-0.4, -0.2) is 81.2 Å². The number of nitrogens with one attached hydrogen (secondary N) is 2. The first-order valence-electron chi connectivity index (χ1n) is 9.92. The number of nitrogens with zero attached hydrogens (tertiary/aromatic N) is 1. The van der Waals surface area contributed by atoms with Crippen molar-refractivity contribution in [2.75, 3.05) is 13.2 Å². The van der Waals surface area contributed by atoms with Crippen LogP contribution < -0.4 is 16.4 Å². The first-order chi connectivity index (χ1) is 14.6. The molecular formula is C20H28N4O7. The standard InChI is InChI=1S/C20H28N4O7/c1-11(20(30)31)22-18(28)16-3-2-8-24(16)19(29)15(10-25)23-17(27)14(21)9-12-4-6-13(26)7-5-12/h4-7,11,14-16,25-26H,2-3,8-10,21H2,1H3,(H,22,28)(H,23,27)(H,30,31). The number of benzene rings is 1. The lowest BCUT2D eigenvalue weighted by Gasteiger charge is -2.28. The number of rotatable bonds is 9. The summed E-state index contributed by atoms with van der Waals surface area (Å²) in [4.78, 5) is 49.9. The van der Waals surface area contributed by atoms with Crippen molar-refractivity contribution in [1.82, 2.24) is 15.5 Å². The van der Waals surface area contributed by atoms with Crippen molar-refractivity contribution in [3.63, 3.8) is 0 Å². The Bertz CT molecular complexity index is 814. The molecule has 170 valence electrons. The molecule has 11 heteroatoms. The van der Waals surface area contributed by atoms with Gasteiger partial charge in [0.25, 0.3) is 0 Å². The van der Waals surface area contributed by atoms with E-state index in [0.717, 1.165) is 0 Å². The number of phenols is 1. The van der Waals surface area contributed by atoms with E-state index in [1.807, 2.05) is 0 Å². The molecule has 2 rings (SSSR count). The first-order valence-corrected chi connectivity index (χ1v) is 9.92. The highest BCUT2D eigenvalue weighted by Gasteiger charge is 2.38. The maximum Gasteiger partial charge on any atom is 0.325 e. The van der Waals surface area contributed by atoms with Gasteiger partial charge in [0, 0.05) is 6.54 Å². The van der Waals surface area contributed by atoms with Crippen molar-refractivity contribution in [1.29, 1.82) is 0 Å². The average molecular weight is 436 g/mol. The SMILES string of the molecule is CC(NC(=O)C1CCCN1C(=O)C(CO)NC(=O)C(N)Cc1ccc(O)cc1)C(=O)O. The summed E-state index contributed by atoms with van der Waals surface area (Å²) in [6.45, 7) is 0.866. The highest BCUT2D eigenvalue weighted by Crippen LogP contribution is 2.19. The number of aliphatic hydroxyl groups is 1. The van der Waals surface area contributed by atoms with Crippen molar-refractivity contribution >= 4 is 23.7 Å². The largest absolute Gasteiger partial charge is 0.508 e. The number of amides is 3. The number of phenolic OH excluding ortho intramolecular Hbond substituents is 1. The van der Waals surface area contributed by atoms with Crippen LogP contribution in [-0.2, 0) is 25.6 Å². The van der Waals surface area contributed by atoms with Gasteiger partial charge in [-0.2, -0.15) is 0 Å². The molecule has 3 amide bonds. The van der Waals surface area contributed by atoms with Crippen LogP contribution in [0, 0.1) is 0 Å². The summed E-state index contributed by atoms with van der Waals surface area (Å²) in [5.41, 5.74) is 6.61. The summed E-state index contributed by atoms with van der Waals surface area (Å²) in [6.07, 6.45) is 1.02. The highest BCUT2D eigenvalue weighted by atomic mass is 16.4. The van der Waals surface area contributed by atoms with Gasteiger partial charge >= 0.3 is 5.97 Å². The molecular weight excluding hydrogens is 408 g/mol. The Balaban J connectivity index is 1.99. The molecule has 0 aromatic heterocycles. The Morgan fingerprint density at radius 3 is 2.42 bits per heavy atom. The fourth-order valence-electron chi connectivity index (χ4n) is 3.32. The number of hydrogen-bond acceptors (Lipinski definition) is 7. The second-order valence-corrected chi connectivity index (χ2v) is 7.48. The zero-order chi connectivity index (χ0) is 23.1. The number of likely N-dealkylation sites (tertiary alicyclic amines) is 1. The van der Waals surface area contributed by atoms with Crippen LogP contribution in [0.2, 0.25) is 0 Å². The molecule has 1 aromatic carbocycles. The van der Waals surface area contributed by atoms with Crippen LogP contribution in [0.5, 0.6) is 5.75 Å². The lowest BCUT2D eigenvalue weighted by Crippen LogP contribution is -2.57. The Morgan fingerprint density at radius 2 is 1.84 bits per heavy atom. The Hall–Kier alpha value is -3.18. The van der Waals surface area contributed by atoms with Crippen molar-refractivity contribution < 1.29 is 34.5 Å². The van der Waals surface area contributed by atoms with Gasteiger partial charge in [-0.15, -0.1) is 0 Å². The van der Waals surface area contributed by atoms with E-state index in [1.165, 1.54) is 24.0 Å². The van der Waals surface area contributed by atoms with Crippen molar-refractivity contribution in [2.45, 2.75) is 50.4 Å². The predicted octanol–water partition coefficient (Wildman–Crippen LogP) is -1.68. The number of nitrogens with two attached hydrogens (primary N) is 1. The van der Waals surface area contributed by atoms with Crippen LogP contribution in [0.15, 0.2) is 24.3 Å². The number of aliphatic hydroxyl groups excluding tert-OH is 1. The maximum atomic E-state index is 12.9. The van der Waals surface area contributed by atoms with E-state index >= 15 is 0 Å². The molecule has 1 heterocycles. The average Bonchev–Trinajstić information content (AvgIpc) is 3.22. The van der Waals surface area contributed by atoms with E-state index in [1.54, 1.807) is 12.1 Å². The van der Waals surface area contributed by atoms with Crippen molar-refractivity contribution in [3.05, 3.63) is 29.8 Å². The predicted molar refractivity (Wildman–Crippen MR) is 109 cm³/mol. The molecule has 31 heavy (non-hydrogen) atoms. The number of carboxylic acid groups (broad SMARTS) is 1. The Kier molecular flexibility index (Phi) is 8.34. The minimum absolute atomic E-state index is 0.0784. The molecule has 1 saturated heterocycles. The van der Waals surface area contributed by atoms with Crippen molar-refractivity contribution in [3.8, 4) is 5.75 Å². The molecule has 0 bridgehead atoms. The molecule has 1 aliphatic heterocycles. The second kappa shape index (κ2) is 10.7. The Morgan fingerprint density at radius 1 is 1.19 bits per heavy atom. The van der Waals surface area contributed by atoms with Crippen molar-refractivity contribution in [2.24, 2.45) is 5.73 Å². The lowest BCUT2D eigenvalue weighted by atomic mass is 10.1. The molecule has 0 spiro atoms. The molecule has 0 saturated carbocycles. The fraction of sp³-hybridized carbons (Fsp3) is 0.500. The van der Waals surface area contributed by atoms with Gasteiger partial charge in [0.1, 0.15) is 23.9 Å². The first kappa shape index (κ1) is 24.1. The number of carboxylic acids is 1. The molecule has 11 nitrogen and oxygen atoms in total. The summed E-state index contributed by atoms with van der Waals surface area (Å²) in [5, 5.41) is 32.6. The van der Waals surface area contributed by atoms with Gasteiger partial charge in [0.2, 0.25) is 17.7 Å². The van der Waals surface area contributed by atoms with E-state index in [9.17, 15) is 29.4 Å². The Labute approximate surface area is 179 Å². The number of aromatic hydroxyl groups is 1. The van der Waals surface area contributed by atoms with Crippen LogP contribution in [0.4, 0.5) is 0 Å². The smallest absolute Gasteiger partial charge is 0.325 e. The summed E-state index contributed by atoms with van der Waals surface area (Å²) < 4.78 is 0. The summed E-state index contributed by atoms with van der Waals surface area (Å²) >= 11 is 0. The van der Waals surface area contributed by atoms with Crippen LogP contribution in [0.3, 0.4) is 0 Å². The van der Waals surface area contributed by atoms with E-state index in [-0.39, 0.29) is 18.7 Å². The molecule has 1 fully saturated rings. The molecule has 1 aliphatic rings. The lowest BCUT2D eigenvalue weighted by molar-refractivity contribution is -0.145. The van der Waals surface area contributed by atoms with Gasteiger partial charge in [-0.3, -0.25) is 19.2 Å². The monoisotopic (exact) mass is 436 g/mol. The third-order valence-corrected chi connectivity index (χ3v) is 5.09. The minimum atomic E-state index is -1.29.